The summed E-state index contributed by atoms with van der Waals surface area (Å²) in [6.45, 7) is 5.53. The summed E-state index contributed by atoms with van der Waals surface area (Å²) in [6.07, 6.45) is 1.18. The summed E-state index contributed by atoms with van der Waals surface area (Å²) in [6, 6.07) is 9.66. The van der Waals surface area contributed by atoms with Gasteiger partial charge in [0, 0.05) is 22.6 Å². The summed E-state index contributed by atoms with van der Waals surface area (Å²) < 4.78 is 18.6. The van der Waals surface area contributed by atoms with Crippen molar-refractivity contribution in [2.24, 2.45) is 0 Å². The van der Waals surface area contributed by atoms with E-state index in [1.165, 1.54) is 29.2 Å². The molecule has 2 rings (SSSR count). The molecular formula is C23H27Cl2FN2O3. The van der Waals surface area contributed by atoms with Crippen LogP contribution >= 0.6 is 23.2 Å². The molecule has 0 radical (unpaired) electrons. The first-order valence-corrected chi connectivity index (χ1v) is 10.9. The predicted molar refractivity (Wildman–Crippen MR) is 121 cm³/mol. The number of ether oxygens (including phenoxy) is 1. The Hall–Kier alpha value is -2.31. The lowest BCUT2D eigenvalue weighted by Crippen LogP contribution is -2.51. The van der Waals surface area contributed by atoms with Crippen LogP contribution in [-0.2, 0) is 16.1 Å². The van der Waals surface area contributed by atoms with Crippen molar-refractivity contribution in [3.8, 4) is 5.75 Å². The van der Waals surface area contributed by atoms with Crippen LogP contribution in [0.1, 0.15) is 39.2 Å². The second kappa shape index (κ2) is 11.9. The zero-order chi connectivity index (χ0) is 23.0. The van der Waals surface area contributed by atoms with E-state index in [0.29, 0.717) is 27.8 Å². The molecule has 0 fully saturated rings. The molecule has 2 amide bonds. The highest BCUT2D eigenvalue weighted by atomic mass is 35.5. The van der Waals surface area contributed by atoms with Gasteiger partial charge in [0.2, 0.25) is 5.91 Å². The average molecular weight is 469 g/mol. The summed E-state index contributed by atoms with van der Waals surface area (Å²) in [5.41, 5.74) is 0.663. The average Bonchev–Trinajstić information content (AvgIpc) is 2.74. The van der Waals surface area contributed by atoms with E-state index < -0.39 is 11.9 Å². The van der Waals surface area contributed by atoms with Crippen molar-refractivity contribution in [3.05, 3.63) is 63.9 Å². The Morgan fingerprint density at radius 2 is 1.77 bits per heavy atom. The zero-order valence-electron chi connectivity index (χ0n) is 17.8. The van der Waals surface area contributed by atoms with Gasteiger partial charge >= 0.3 is 0 Å². The predicted octanol–water partition coefficient (Wildman–Crippen LogP) is 5.23. The van der Waals surface area contributed by atoms with Gasteiger partial charge in [-0.3, -0.25) is 9.59 Å². The van der Waals surface area contributed by atoms with Crippen LogP contribution in [0.25, 0.3) is 0 Å². The van der Waals surface area contributed by atoms with Gasteiger partial charge in [0.25, 0.3) is 5.91 Å². The molecule has 8 heteroatoms. The summed E-state index contributed by atoms with van der Waals surface area (Å²) in [5, 5.41) is 3.82. The zero-order valence-corrected chi connectivity index (χ0v) is 19.3. The Balaban J connectivity index is 2.24. The van der Waals surface area contributed by atoms with E-state index in [9.17, 15) is 14.0 Å². The van der Waals surface area contributed by atoms with Crippen molar-refractivity contribution in [1.29, 1.82) is 0 Å². The largest absolute Gasteiger partial charge is 0.484 e. The standard InChI is InChI=1S/C23H27Cl2FN2O3/c1-4-15(3)27-23(30)21(5-2)28(13-16-6-7-17(24)12-20(16)25)22(29)14-31-19-10-8-18(26)9-11-19/h6-12,15,21H,4-5,13-14H2,1-3H3,(H,27,30)/t15-,21-/m0/s1. The molecule has 0 unspecified atom stereocenters. The second-order valence-electron chi connectivity index (χ2n) is 7.24. The number of carbonyl (C=O) groups excluding carboxylic acids is 2. The minimum Gasteiger partial charge on any atom is -0.484 e. The van der Waals surface area contributed by atoms with E-state index in [0.717, 1.165) is 6.42 Å². The van der Waals surface area contributed by atoms with E-state index in [1.54, 1.807) is 18.2 Å². The van der Waals surface area contributed by atoms with Crippen molar-refractivity contribution < 1.29 is 18.7 Å². The SMILES string of the molecule is CC[C@H](C)NC(=O)[C@H](CC)N(Cc1ccc(Cl)cc1Cl)C(=O)COc1ccc(F)cc1. The molecule has 0 aliphatic heterocycles. The first kappa shape index (κ1) is 25.0. The molecule has 0 spiro atoms. The minimum atomic E-state index is -0.704. The third kappa shape index (κ3) is 7.40. The number of hydrogen-bond acceptors (Lipinski definition) is 3. The Kier molecular flexibility index (Phi) is 9.59. The van der Waals surface area contributed by atoms with Gasteiger partial charge in [0.1, 0.15) is 17.6 Å². The van der Waals surface area contributed by atoms with Crippen LogP contribution in [-0.4, -0.2) is 35.4 Å². The topological polar surface area (TPSA) is 58.6 Å². The summed E-state index contributed by atoms with van der Waals surface area (Å²) in [4.78, 5) is 27.4. The Morgan fingerprint density at radius 1 is 1.10 bits per heavy atom. The third-order valence-corrected chi connectivity index (χ3v) is 5.51. The smallest absolute Gasteiger partial charge is 0.261 e. The van der Waals surface area contributed by atoms with Gasteiger partial charge in [0.15, 0.2) is 6.61 Å². The normalized spacial score (nSPS) is 12.7. The summed E-state index contributed by atoms with van der Waals surface area (Å²) in [7, 11) is 0. The number of halogens is 3. The Morgan fingerprint density at radius 3 is 2.35 bits per heavy atom. The van der Waals surface area contributed by atoms with Crippen LogP contribution in [0.4, 0.5) is 4.39 Å². The first-order chi connectivity index (χ1) is 14.7. The van der Waals surface area contributed by atoms with Gasteiger partial charge in [-0.05, 0) is 61.7 Å². The fourth-order valence-electron chi connectivity index (χ4n) is 2.95. The lowest BCUT2D eigenvalue weighted by molar-refractivity contribution is -0.143. The third-order valence-electron chi connectivity index (χ3n) is 4.92. The highest BCUT2D eigenvalue weighted by Gasteiger charge is 2.30. The van der Waals surface area contributed by atoms with Gasteiger partial charge in [0.05, 0.1) is 0 Å². The molecule has 0 heterocycles. The number of amides is 2. The Bertz CT molecular complexity index is 893. The summed E-state index contributed by atoms with van der Waals surface area (Å²) in [5.74, 6) is -0.666. The van der Waals surface area contributed by atoms with E-state index in [2.05, 4.69) is 5.32 Å². The molecule has 31 heavy (non-hydrogen) atoms. The molecule has 1 N–H and O–H groups in total. The molecule has 0 bridgehead atoms. The molecule has 168 valence electrons. The molecule has 2 aromatic carbocycles. The number of nitrogens with zero attached hydrogens (tertiary/aromatic N) is 1. The van der Waals surface area contributed by atoms with Crippen molar-refractivity contribution in [2.45, 2.75) is 52.2 Å². The fourth-order valence-corrected chi connectivity index (χ4v) is 3.42. The van der Waals surface area contributed by atoms with Crippen molar-refractivity contribution in [2.75, 3.05) is 6.61 Å². The molecule has 0 aromatic heterocycles. The number of hydrogen-bond donors (Lipinski definition) is 1. The van der Waals surface area contributed by atoms with Gasteiger partial charge in [-0.1, -0.05) is 43.1 Å². The van der Waals surface area contributed by atoms with Crippen LogP contribution < -0.4 is 10.1 Å². The number of benzene rings is 2. The van der Waals surface area contributed by atoms with Crippen LogP contribution in [0.3, 0.4) is 0 Å². The lowest BCUT2D eigenvalue weighted by Gasteiger charge is -2.31. The lowest BCUT2D eigenvalue weighted by atomic mass is 10.1. The molecule has 2 aromatic rings. The van der Waals surface area contributed by atoms with Crippen LogP contribution in [0.15, 0.2) is 42.5 Å². The maximum absolute atomic E-state index is 13.1. The monoisotopic (exact) mass is 468 g/mol. The van der Waals surface area contributed by atoms with Crippen LogP contribution in [0, 0.1) is 5.82 Å². The highest BCUT2D eigenvalue weighted by Crippen LogP contribution is 2.24. The molecule has 0 saturated heterocycles. The van der Waals surface area contributed by atoms with E-state index >= 15 is 0 Å². The van der Waals surface area contributed by atoms with Crippen molar-refractivity contribution in [3.63, 3.8) is 0 Å². The van der Waals surface area contributed by atoms with Gasteiger partial charge in [-0.25, -0.2) is 4.39 Å². The quantitative estimate of drug-likeness (QED) is 0.518. The maximum Gasteiger partial charge on any atom is 0.261 e. The van der Waals surface area contributed by atoms with Crippen LogP contribution in [0.5, 0.6) is 5.75 Å². The first-order valence-electron chi connectivity index (χ1n) is 10.2. The summed E-state index contributed by atoms with van der Waals surface area (Å²) >= 11 is 12.3. The molecule has 5 nitrogen and oxygen atoms in total. The van der Waals surface area contributed by atoms with Gasteiger partial charge < -0.3 is 15.0 Å². The highest BCUT2D eigenvalue weighted by molar-refractivity contribution is 6.35. The van der Waals surface area contributed by atoms with Gasteiger partial charge in [-0.2, -0.15) is 0 Å². The number of rotatable bonds is 10. The van der Waals surface area contributed by atoms with E-state index in [-0.39, 0.29) is 31.0 Å². The number of nitrogens with one attached hydrogen (secondary N) is 1. The minimum absolute atomic E-state index is 0.0203. The van der Waals surface area contributed by atoms with E-state index in [1.807, 2.05) is 20.8 Å². The van der Waals surface area contributed by atoms with E-state index in [4.69, 9.17) is 27.9 Å². The van der Waals surface area contributed by atoms with Crippen molar-refractivity contribution in [1.82, 2.24) is 10.2 Å². The molecule has 2 atom stereocenters. The molecule has 0 aliphatic rings. The number of carbonyl (C=O) groups is 2. The second-order valence-corrected chi connectivity index (χ2v) is 8.09. The van der Waals surface area contributed by atoms with Crippen LogP contribution in [0.2, 0.25) is 10.0 Å². The molecule has 0 aliphatic carbocycles. The molecule has 0 saturated carbocycles. The molecular weight excluding hydrogens is 442 g/mol. The van der Waals surface area contributed by atoms with Gasteiger partial charge in [-0.15, -0.1) is 0 Å². The van der Waals surface area contributed by atoms with Crippen molar-refractivity contribution >= 4 is 35.0 Å². The Labute approximate surface area is 192 Å². The fraction of sp³-hybridized carbons (Fsp3) is 0.391. The maximum atomic E-state index is 13.1.